The minimum atomic E-state index is 0.226. The van der Waals surface area contributed by atoms with E-state index in [9.17, 15) is 4.79 Å². The summed E-state index contributed by atoms with van der Waals surface area (Å²) in [6.45, 7) is 0. The molecule has 1 aromatic heterocycles. The van der Waals surface area contributed by atoms with Crippen molar-refractivity contribution in [3.8, 4) is 0 Å². The molecule has 0 unspecified atom stereocenters. The lowest BCUT2D eigenvalue weighted by Gasteiger charge is -2.21. The van der Waals surface area contributed by atoms with Gasteiger partial charge in [-0.15, -0.1) is 0 Å². The predicted molar refractivity (Wildman–Crippen MR) is 73.9 cm³/mol. The average Bonchev–Trinajstić information content (AvgIpc) is 2.40. The van der Waals surface area contributed by atoms with Gasteiger partial charge in [0.15, 0.2) is 0 Å². The molecule has 0 aliphatic heterocycles. The second-order valence-corrected chi connectivity index (χ2v) is 5.90. The minimum absolute atomic E-state index is 0.226. The fourth-order valence-corrected chi connectivity index (χ4v) is 3.84. The van der Waals surface area contributed by atoms with E-state index in [2.05, 4.69) is 12.1 Å². The summed E-state index contributed by atoms with van der Waals surface area (Å²) in [5.41, 5.74) is 0. The Morgan fingerprint density at radius 1 is 1.06 bits per heavy atom. The summed E-state index contributed by atoms with van der Waals surface area (Å²) in [6.07, 6.45) is 6.51. The van der Waals surface area contributed by atoms with Crippen LogP contribution >= 0.6 is 11.3 Å². The summed E-state index contributed by atoms with van der Waals surface area (Å²) in [5, 5.41) is 1.98. The zero-order valence-corrected chi connectivity index (χ0v) is 10.6. The number of hydrogen-bond donors (Lipinski definition) is 0. The Hall–Kier alpha value is -1.15. The van der Waals surface area contributed by atoms with Crippen molar-refractivity contribution in [3.05, 3.63) is 44.7 Å². The van der Waals surface area contributed by atoms with Gasteiger partial charge in [-0.25, -0.2) is 0 Å². The van der Waals surface area contributed by atoms with Crippen molar-refractivity contribution in [2.45, 2.75) is 38.0 Å². The molecular formula is C15H16OS. The van der Waals surface area contributed by atoms with Crippen LogP contribution in [0, 0.1) is 0 Å². The third kappa shape index (κ3) is 2.14. The quantitative estimate of drug-likeness (QED) is 0.730. The molecule has 1 aromatic carbocycles. The normalized spacial score (nSPS) is 17.4. The summed E-state index contributed by atoms with van der Waals surface area (Å²) < 4.78 is 0.226. The smallest absolute Gasteiger partial charge is 0.240 e. The third-order valence-corrected chi connectivity index (χ3v) is 4.79. The maximum atomic E-state index is 12.1. The molecule has 0 amide bonds. The van der Waals surface area contributed by atoms with Gasteiger partial charge in [-0.05, 0) is 36.3 Å². The van der Waals surface area contributed by atoms with Crippen LogP contribution in [-0.4, -0.2) is 0 Å². The second-order valence-electron chi connectivity index (χ2n) is 4.86. The summed E-state index contributed by atoms with van der Waals surface area (Å²) in [5.74, 6) is 0.631. The van der Waals surface area contributed by atoms with Crippen molar-refractivity contribution in [2.24, 2.45) is 0 Å². The van der Waals surface area contributed by atoms with Crippen LogP contribution in [0.15, 0.2) is 35.1 Å². The highest BCUT2D eigenvalue weighted by atomic mass is 32.1. The molecule has 0 radical (unpaired) electrons. The number of hydrogen-bond acceptors (Lipinski definition) is 2. The molecule has 1 aliphatic rings. The molecule has 2 heteroatoms. The van der Waals surface area contributed by atoms with Crippen LogP contribution in [0.2, 0.25) is 0 Å². The monoisotopic (exact) mass is 244 g/mol. The zero-order valence-electron chi connectivity index (χ0n) is 9.82. The van der Waals surface area contributed by atoms with Crippen LogP contribution in [0.1, 0.15) is 42.9 Å². The maximum Gasteiger partial charge on any atom is 0.240 e. The van der Waals surface area contributed by atoms with Crippen LogP contribution in [0.3, 0.4) is 0 Å². The van der Waals surface area contributed by atoms with E-state index in [0.717, 1.165) is 10.8 Å². The Balaban J connectivity index is 2.08. The summed E-state index contributed by atoms with van der Waals surface area (Å²) in [6, 6.07) is 10.2. The summed E-state index contributed by atoms with van der Waals surface area (Å²) >= 11 is 1.46. The van der Waals surface area contributed by atoms with E-state index in [-0.39, 0.29) is 4.74 Å². The van der Waals surface area contributed by atoms with Gasteiger partial charge >= 0.3 is 0 Å². The molecule has 1 fully saturated rings. The van der Waals surface area contributed by atoms with E-state index in [4.69, 9.17) is 0 Å². The SMILES string of the molecule is O=c1sc(C2CCCCC2)cc2ccccc12. The Bertz CT molecular complexity index is 579. The van der Waals surface area contributed by atoms with Crippen molar-refractivity contribution in [3.63, 3.8) is 0 Å². The largest absolute Gasteiger partial charge is 0.277 e. The lowest BCUT2D eigenvalue weighted by atomic mass is 9.88. The van der Waals surface area contributed by atoms with Crippen molar-refractivity contribution in [1.29, 1.82) is 0 Å². The molecule has 1 aliphatic carbocycles. The Labute approximate surface area is 105 Å². The molecule has 1 nitrogen and oxygen atoms in total. The lowest BCUT2D eigenvalue weighted by molar-refractivity contribution is 0.448. The van der Waals surface area contributed by atoms with E-state index in [1.807, 2.05) is 18.2 Å². The van der Waals surface area contributed by atoms with Gasteiger partial charge in [-0.1, -0.05) is 48.8 Å². The molecule has 0 bridgehead atoms. The minimum Gasteiger partial charge on any atom is -0.277 e. The Morgan fingerprint density at radius 2 is 1.82 bits per heavy atom. The maximum absolute atomic E-state index is 12.1. The molecule has 1 saturated carbocycles. The molecule has 2 aromatic rings. The van der Waals surface area contributed by atoms with Gasteiger partial charge in [0, 0.05) is 10.3 Å². The first kappa shape index (κ1) is 11.0. The first-order chi connectivity index (χ1) is 8.34. The standard InChI is InChI=1S/C15H16OS/c16-15-13-9-5-4-8-12(13)10-14(17-15)11-6-2-1-3-7-11/h4-5,8-11H,1-3,6-7H2. The second kappa shape index (κ2) is 4.61. The number of benzene rings is 1. The molecule has 0 atom stereocenters. The molecule has 88 valence electrons. The third-order valence-electron chi connectivity index (χ3n) is 3.70. The first-order valence-electron chi connectivity index (χ1n) is 6.37. The highest BCUT2D eigenvalue weighted by Crippen LogP contribution is 2.34. The lowest BCUT2D eigenvalue weighted by Crippen LogP contribution is -2.06. The van der Waals surface area contributed by atoms with Crippen LogP contribution < -0.4 is 4.74 Å². The van der Waals surface area contributed by atoms with Gasteiger partial charge < -0.3 is 0 Å². The average molecular weight is 244 g/mol. The molecule has 17 heavy (non-hydrogen) atoms. The highest BCUT2D eigenvalue weighted by molar-refractivity contribution is 7.10. The summed E-state index contributed by atoms with van der Waals surface area (Å²) in [7, 11) is 0. The topological polar surface area (TPSA) is 17.1 Å². The van der Waals surface area contributed by atoms with E-state index >= 15 is 0 Å². The molecular weight excluding hydrogens is 228 g/mol. The first-order valence-corrected chi connectivity index (χ1v) is 7.19. The van der Waals surface area contributed by atoms with Gasteiger partial charge in [-0.2, -0.15) is 0 Å². The molecule has 0 saturated heterocycles. The molecule has 0 spiro atoms. The fraction of sp³-hybridized carbons (Fsp3) is 0.400. The predicted octanol–water partition coefficient (Wildman–Crippen LogP) is 4.31. The van der Waals surface area contributed by atoms with Crippen LogP contribution in [0.5, 0.6) is 0 Å². The molecule has 1 heterocycles. The highest BCUT2D eigenvalue weighted by Gasteiger charge is 2.17. The van der Waals surface area contributed by atoms with Crippen LogP contribution in [-0.2, 0) is 0 Å². The van der Waals surface area contributed by atoms with Gasteiger partial charge in [0.05, 0.1) is 0 Å². The number of fused-ring (bicyclic) bond motifs is 1. The fourth-order valence-electron chi connectivity index (χ4n) is 2.74. The zero-order chi connectivity index (χ0) is 11.7. The van der Waals surface area contributed by atoms with Crippen molar-refractivity contribution >= 4 is 22.1 Å². The van der Waals surface area contributed by atoms with E-state index < -0.39 is 0 Å². The van der Waals surface area contributed by atoms with Gasteiger partial charge in [0.1, 0.15) is 0 Å². The van der Waals surface area contributed by atoms with Crippen molar-refractivity contribution in [2.75, 3.05) is 0 Å². The Kier molecular flexibility index (Phi) is 2.98. The van der Waals surface area contributed by atoms with Crippen LogP contribution in [0.4, 0.5) is 0 Å². The van der Waals surface area contributed by atoms with Crippen LogP contribution in [0.25, 0.3) is 10.8 Å². The van der Waals surface area contributed by atoms with Gasteiger partial charge in [0.2, 0.25) is 4.74 Å². The van der Waals surface area contributed by atoms with Crippen molar-refractivity contribution in [1.82, 2.24) is 0 Å². The van der Waals surface area contributed by atoms with E-state index in [0.29, 0.717) is 5.92 Å². The van der Waals surface area contributed by atoms with Gasteiger partial charge in [0.25, 0.3) is 0 Å². The van der Waals surface area contributed by atoms with Crippen molar-refractivity contribution < 1.29 is 0 Å². The van der Waals surface area contributed by atoms with Gasteiger partial charge in [-0.3, -0.25) is 4.79 Å². The van der Waals surface area contributed by atoms with E-state index in [1.165, 1.54) is 48.3 Å². The Morgan fingerprint density at radius 3 is 2.65 bits per heavy atom. The summed E-state index contributed by atoms with van der Waals surface area (Å²) in [4.78, 5) is 13.4. The molecule has 3 rings (SSSR count). The number of rotatable bonds is 1. The van der Waals surface area contributed by atoms with E-state index in [1.54, 1.807) is 0 Å². The molecule has 0 N–H and O–H groups in total.